The molecular formula is C19H11FN2O2. The van der Waals surface area contributed by atoms with Gasteiger partial charge in [-0.3, -0.25) is 0 Å². The van der Waals surface area contributed by atoms with Gasteiger partial charge in [-0.05, 0) is 42.0 Å². The third-order valence-electron chi connectivity index (χ3n) is 3.48. The quantitative estimate of drug-likeness (QED) is 0.788. The van der Waals surface area contributed by atoms with Crippen molar-refractivity contribution in [2.45, 2.75) is 0 Å². The maximum atomic E-state index is 13.4. The fourth-order valence-corrected chi connectivity index (χ4v) is 2.38. The van der Waals surface area contributed by atoms with E-state index in [1.807, 2.05) is 6.07 Å². The van der Waals surface area contributed by atoms with Gasteiger partial charge in [0.2, 0.25) is 0 Å². The third kappa shape index (κ3) is 3.13. The van der Waals surface area contributed by atoms with Gasteiger partial charge >= 0.3 is 5.97 Å². The molecule has 1 N–H and O–H groups in total. The zero-order chi connectivity index (χ0) is 17.1. The summed E-state index contributed by atoms with van der Waals surface area (Å²) in [5, 5.41) is 18.6. The first kappa shape index (κ1) is 15.4. The predicted octanol–water partition coefficient (Wildman–Crippen LogP) is 4.11. The van der Waals surface area contributed by atoms with Gasteiger partial charge in [0.25, 0.3) is 0 Å². The normalized spacial score (nSPS) is 10.8. The zero-order valence-electron chi connectivity index (χ0n) is 12.4. The Bertz CT molecular complexity index is 1020. The molecule has 0 saturated heterocycles. The van der Waals surface area contributed by atoms with Crippen molar-refractivity contribution < 1.29 is 14.3 Å². The SMILES string of the molecule is N#Cc1cccc(/C=C/c2cc(C(=O)O)c3ccc(F)cc3n2)c1. The van der Waals surface area contributed by atoms with Gasteiger partial charge in [-0.1, -0.05) is 18.2 Å². The van der Waals surface area contributed by atoms with Gasteiger partial charge < -0.3 is 5.11 Å². The molecule has 5 heteroatoms. The van der Waals surface area contributed by atoms with Crippen LogP contribution in [0.5, 0.6) is 0 Å². The molecule has 0 fully saturated rings. The van der Waals surface area contributed by atoms with Gasteiger partial charge in [0.1, 0.15) is 5.82 Å². The molecule has 0 atom stereocenters. The second kappa shape index (κ2) is 6.31. The summed E-state index contributed by atoms with van der Waals surface area (Å²) in [4.78, 5) is 15.7. The van der Waals surface area contributed by atoms with E-state index in [0.717, 1.165) is 5.56 Å². The van der Waals surface area contributed by atoms with Crippen molar-refractivity contribution in [1.82, 2.24) is 4.98 Å². The number of nitriles is 1. The molecule has 1 aromatic heterocycles. The lowest BCUT2D eigenvalue weighted by molar-refractivity contribution is 0.0699. The number of hydrogen-bond donors (Lipinski definition) is 1. The van der Waals surface area contributed by atoms with Crippen molar-refractivity contribution in [3.8, 4) is 6.07 Å². The molecule has 3 aromatic rings. The lowest BCUT2D eigenvalue weighted by atomic mass is 10.1. The molecule has 0 aliphatic rings. The first-order valence-corrected chi connectivity index (χ1v) is 7.08. The fraction of sp³-hybridized carbons (Fsp3) is 0. The molecule has 3 rings (SSSR count). The second-order valence-electron chi connectivity index (χ2n) is 5.13. The van der Waals surface area contributed by atoms with Crippen LogP contribution in [-0.2, 0) is 0 Å². The largest absolute Gasteiger partial charge is 0.478 e. The van der Waals surface area contributed by atoms with Gasteiger partial charge in [-0.2, -0.15) is 5.26 Å². The van der Waals surface area contributed by atoms with E-state index in [0.29, 0.717) is 16.6 Å². The van der Waals surface area contributed by atoms with E-state index in [2.05, 4.69) is 11.1 Å². The Morgan fingerprint density at radius 2 is 2.00 bits per heavy atom. The van der Waals surface area contributed by atoms with Crippen LogP contribution in [0.2, 0.25) is 0 Å². The minimum absolute atomic E-state index is 0.0606. The van der Waals surface area contributed by atoms with Gasteiger partial charge in [0.05, 0.1) is 28.4 Å². The molecule has 0 radical (unpaired) electrons. The van der Waals surface area contributed by atoms with Crippen LogP contribution in [0.1, 0.15) is 27.2 Å². The average Bonchev–Trinajstić information content (AvgIpc) is 2.59. The van der Waals surface area contributed by atoms with Crippen LogP contribution in [0, 0.1) is 17.1 Å². The molecule has 1 heterocycles. The van der Waals surface area contributed by atoms with E-state index in [4.69, 9.17) is 5.26 Å². The fourth-order valence-electron chi connectivity index (χ4n) is 2.38. The van der Waals surface area contributed by atoms with Crippen molar-refractivity contribution in [2.24, 2.45) is 0 Å². The Morgan fingerprint density at radius 1 is 1.17 bits per heavy atom. The molecule has 24 heavy (non-hydrogen) atoms. The first-order chi connectivity index (χ1) is 11.6. The van der Waals surface area contributed by atoms with Crippen LogP contribution in [0.25, 0.3) is 23.1 Å². The van der Waals surface area contributed by atoms with Crippen LogP contribution in [-0.4, -0.2) is 16.1 Å². The minimum Gasteiger partial charge on any atom is -0.478 e. The molecule has 0 saturated carbocycles. The van der Waals surface area contributed by atoms with Gasteiger partial charge in [0.15, 0.2) is 0 Å². The van der Waals surface area contributed by atoms with Crippen LogP contribution in [0.3, 0.4) is 0 Å². The first-order valence-electron chi connectivity index (χ1n) is 7.08. The summed E-state index contributed by atoms with van der Waals surface area (Å²) in [6.45, 7) is 0. The van der Waals surface area contributed by atoms with Gasteiger partial charge in [-0.15, -0.1) is 0 Å². The van der Waals surface area contributed by atoms with Crippen LogP contribution in [0.4, 0.5) is 4.39 Å². The van der Waals surface area contributed by atoms with Crippen molar-refractivity contribution in [3.05, 3.63) is 76.7 Å². The van der Waals surface area contributed by atoms with E-state index in [9.17, 15) is 14.3 Å². The van der Waals surface area contributed by atoms with Crippen molar-refractivity contribution >= 4 is 29.0 Å². The Kier molecular flexibility index (Phi) is 4.04. The highest BCUT2D eigenvalue weighted by Crippen LogP contribution is 2.21. The molecule has 0 aliphatic heterocycles. The van der Waals surface area contributed by atoms with Crippen LogP contribution >= 0.6 is 0 Å². The van der Waals surface area contributed by atoms with E-state index in [1.165, 1.54) is 24.3 Å². The van der Waals surface area contributed by atoms with Crippen LogP contribution in [0.15, 0.2) is 48.5 Å². The lowest BCUT2D eigenvalue weighted by Gasteiger charge is -2.04. The zero-order valence-corrected chi connectivity index (χ0v) is 12.4. The van der Waals surface area contributed by atoms with E-state index in [1.54, 1.807) is 30.4 Å². The minimum atomic E-state index is -1.10. The predicted molar refractivity (Wildman–Crippen MR) is 88.7 cm³/mol. The summed E-state index contributed by atoms with van der Waals surface area (Å²) in [7, 11) is 0. The van der Waals surface area contributed by atoms with Crippen molar-refractivity contribution in [2.75, 3.05) is 0 Å². The number of rotatable bonds is 3. The van der Waals surface area contributed by atoms with Crippen molar-refractivity contribution in [1.29, 1.82) is 5.26 Å². The summed E-state index contributed by atoms with van der Waals surface area (Å²) in [6, 6.07) is 14.3. The number of carbonyl (C=O) groups is 1. The Morgan fingerprint density at radius 3 is 2.75 bits per heavy atom. The maximum Gasteiger partial charge on any atom is 0.336 e. The number of nitrogens with zero attached hydrogens (tertiary/aromatic N) is 2. The number of pyridine rings is 1. The lowest BCUT2D eigenvalue weighted by Crippen LogP contribution is -2.00. The summed E-state index contributed by atoms with van der Waals surface area (Å²) in [5.41, 5.74) is 2.04. The van der Waals surface area contributed by atoms with Crippen molar-refractivity contribution in [3.63, 3.8) is 0 Å². The number of fused-ring (bicyclic) bond motifs is 1. The highest BCUT2D eigenvalue weighted by molar-refractivity contribution is 6.03. The Balaban J connectivity index is 2.07. The maximum absolute atomic E-state index is 13.4. The average molecular weight is 318 g/mol. The summed E-state index contributed by atoms with van der Waals surface area (Å²) in [6.07, 6.45) is 3.35. The second-order valence-corrected chi connectivity index (χ2v) is 5.13. The van der Waals surface area contributed by atoms with Gasteiger partial charge in [0, 0.05) is 11.5 Å². The molecular weight excluding hydrogens is 307 g/mol. The van der Waals surface area contributed by atoms with E-state index in [-0.39, 0.29) is 11.1 Å². The third-order valence-corrected chi connectivity index (χ3v) is 3.48. The smallest absolute Gasteiger partial charge is 0.336 e. The molecule has 2 aromatic carbocycles. The number of carboxylic acids is 1. The molecule has 0 bridgehead atoms. The van der Waals surface area contributed by atoms with E-state index < -0.39 is 11.8 Å². The molecule has 116 valence electrons. The summed E-state index contributed by atoms with van der Waals surface area (Å²) in [5.74, 6) is -1.58. The number of aromatic nitrogens is 1. The molecule has 0 unspecified atom stereocenters. The number of halogens is 1. The Hall–Kier alpha value is -3.52. The molecule has 0 aliphatic carbocycles. The van der Waals surface area contributed by atoms with Gasteiger partial charge in [-0.25, -0.2) is 14.2 Å². The molecule has 0 spiro atoms. The highest BCUT2D eigenvalue weighted by atomic mass is 19.1. The standard InChI is InChI=1S/C19H11FN2O2/c20-14-5-7-16-17(19(23)24)10-15(22-18(16)9-14)6-4-12-2-1-3-13(8-12)11-21/h1-10H,(H,23,24)/b6-4+. The monoisotopic (exact) mass is 318 g/mol. The number of carboxylic acid groups (broad SMARTS) is 1. The number of aromatic carboxylic acids is 1. The number of hydrogen-bond acceptors (Lipinski definition) is 3. The van der Waals surface area contributed by atoms with E-state index >= 15 is 0 Å². The summed E-state index contributed by atoms with van der Waals surface area (Å²) < 4.78 is 13.4. The topological polar surface area (TPSA) is 74.0 Å². The molecule has 4 nitrogen and oxygen atoms in total. The Labute approximate surface area is 137 Å². The van der Waals surface area contributed by atoms with Crippen LogP contribution < -0.4 is 0 Å². The number of benzene rings is 2. The summed E-state index contributed by atoms with van der Waals surface area (Å²) >= 11 is 0. The highest BCUT2D eigenvalue weighted by Gasteiger charge is 2.11. The molecule has 0 amide bonds.